The first kappa shape index (κ1) is 18.2. The monoisotopic (exact) mass is 476 g/mol. The van der Waals surface area contributed by atoms with E-state index < -0.39 is 4.92 Å². The molecular weight excluding hydrogens is 467 g/mol. The second-order valence-electron chi connectivity index (χ2n) is 5.30. The van der Waals surface area contributed by atoms with E-state index in [0.717, 1.165) is 9.13 Å². The standard InChI is InChI=1S/C19H10ClIN2O3/c20-17-7-3-13(10-18(17)23(24)25)19-8-6-16(26-19)9-14(11-22)12-1-4-15(21)5-2-12/h1-10H/b14-9-. The third kappa shape index (κ3) is 3.95. The molecule has 0 aliphatic heterocycles. The van der Waals surface area contributed by atoms with Gasteiger partial charge in [0.15, 0.2) is 0 Å². The van der Waals surface area contributed by atoms with Crippen molar-refractivity contribution < 1.29 is 9.34 Å². The van der Waals surface area contributed by atoms with Gasteiger partial charge in [-0.3, -0.25) is 10.1 Å². The van der Waals surface area contributed by atoms with Crippen LogP contribution in [0.3, 0.4) is 0 Å². The molecule has 128 valence electrons. The van der Waals surface area contributed by atoms with E-state index in [0.29, 0.717) is 22.7 Å². The van der Waals surface area contributed by atoms with E-state index in [1.165, 1.54) is 12.1 Å². The van der Waals surface area contributed by atoms with Crippen molar-refractivity contribution in [3.05, 3.63) is 84.6 Å². The van der Waals surface area contributed by atoms with Crippen LogP contribution in [0.1, 0.15) is 11.3 Å². The largest absolute Gasteiger partial charge is 0.457 e. The van der Waals surface area contributed by atoms with Crippen molar-refractivity contribution in [1.82, 2.24) is 0 Å². The van der Waals surface area contributed by atoms with Crippen molar-refractivity contribution in [2.45, 2.75) is 0 Å². The topological polar surface area (TPSA) is 80.1 Å². The predicted octanol–water partition coefficient (Wildman–Crippen LogP) is 6.18. The van der Waals surface area contributed by atoms with Gasteiger partial charge in [-0.25, -0.2) is 0 Å². The highest BCUT2D eigenvalue weighted by Crippen LogP contribution is 2.32. The number of benzene rings is 2. The summed E-state index contributed by atoms with van der Waals surface area (Å²) >= 11 is 8.03. The van der Waals surface area contributed by atoms with Gasteiger partial charge in [0.2, 0.25) is 0 Å². The maximum absolute atomic E-state index is 11.0. The Kier molecular flexibility index (Phi) is 5.40. The summed E-state index contributed by atoms with van der Waals surface area (Å²) < 4.78 is 6.80. The first-order chi connectivity index (χ1) is 12.5. The van der Waals surface area contributed by atoms with Gasteiger partial charge in [0.05, 0.1) is 16.6 Å². The van der Waals surface area contributed by atoms with Crippen LogP contribution in [0.2, 0.25) is 5.02 Å². The number of nitro benzene ring substituents is 1. The molecule has 0 N–H and O–H groups in total. The first-order valence-corrected chi connectivity index (χ1v) is 8.85. The van der Waals surface area contributed by atoms with Gasteiger partial charge in [0, 0.05) is 15.2 Å². The molecule has 0 spiro atoms. The van der Waals surface area contributed by atoms with Crippen LogP contribution in [0.25, 0.3) is 23.0 Å². The maximum Gasteiger partial charge on any atom is 0.288 e. The van der Waals surface area contributed by atoms with E-state index in [1.807, 2.05) is 24.3 Å². The quantitative estimate of drug-likeness (QED) is 0.195. The lowest BCUT2D eigenvalue weighted by molar-refractivity contribution is -0.384. The van der Waals surface area contributed by atoms with Gasteiger partial charge in [0.25, 0.3) is 5.69 Å². The SMILES string of the molecule is N#C/C(=C/c1ccc(-c2ccc(Cl)c([N+](=O)[O-])c2)o1)c1ccc(I)cc1. The van der Waals surface area contributed by atoms with Gasteiger partial charge < -0.3 is 4.42 Å². The molecule has 0 aliphatic rings. The number of hydrogen-bond acceptors (Lipinski definition) is 4. The smallest absolute Gasteiger partial charge is 0.288 e. The Morgan fingerprint density at radius 3 is 2.58 bits per heavy atom. The summed E-state index contributed by atoms with van der Waals surface area (Å²) in [6.07, 6.45) is 1.63. The molecule has 2 aromatic carbocycles. The van der Waals surface area contributed by atoms with Crippen molar-refractivity contribution in [3.8, 4) is 17.4 Å². The van der Waals surface area contributed by atoms with E-state index in [1.54, 1.807) is 24.3 Å². The lowest BCUT2D eigenvalue weighted by atomic mass is 10.1. The molecule has 26 heavy (non-hydrogen) atoms. The number of nitrogens with zero attached hydrogens (tertiary/aromatic N) is 2. The molecular formula is C19H10ClIN2O3. The van der Waals surface area contributed by atoms with E-state index in [-0.39, 0.29) is 10.7 Å². The molecule has 0 bridgehead atoms. The molecule has 0 amide bonds. The molecule has 1 aromatic heterocycles. The Morgan fingerprint density at radius 2 is 1.92 bits per heavy atom. The van der Waals surface area contributed by atoms with Crippen LogP contribution in [-0.4, -0.2) is 4.92 Å². The number of furan rings is 1. The number of nitriles is 1. The van der Waals surface area contributed by atoms with Crippen LogP contribution < -0.4 is 0 Å². The van der Waals surface area contributed by atoms with Crippen LogP contribution in [0.15, 0.2) is 59.0 Å². The Labute approximate surface area is 167 Å². The maximum atomic E-state index is 11.0. The average Bonchev–Trinajstić information content (AvgIpc) is 3.09. The number of allylic oxidation sites excluding steroid dienone is 1. The molecule has 0 unspecified atom stereocenters. The van der Waals surface area contributed by atoms with Gasteiger partial charge in [-0.1, -0.05) is 23.7 Å². The third-order valence-electron chi connectivity index (χ3n) is 3.62. The second kappa shape index (κ2) is 7.72. The van der Waals surface area contributed by atoms with Crippen molar-refractivity contribution >= 4 is 51.5 Å². The molecule has 0 aliphatic carbocycles. The highest BCUT2D eigenvalue weighted by molar-refractivity contribution is 14.1. The molecule has 0 radical (unpaired) electrons. The highest BCUT2D eigenvalue weighted by Gasteiger charge is 2.15. The fourth-order valence-corrected chi connectivity index (χ4v) is 2.89. The molecule has 0 fully saturated rings. The summed E-state index contributed by atoms with van der Waals surface area (Å²) in [6.45, 7) is 0. The van der Waals surface area contributed by atoms with Crippen LogP contribution in [0.4, 0.5) is 5.69 Å². The number of nitro groups is 1. The van der Waals surface area contributed by atoms with Gasteiger partial charge in [0.1, 0.15) is 16.5 Å². The Balaban J connectivity index is 1.95. The number of hydrogen-bond donors (Lipinski definition) is 0. The van der Waals surface area contributed by atoms with Crippen LogP contribution >= 0.6 is 34.2 Å². The summed E-state index contributed by atoms with van der Waals surface area (Å²) in [5.41, 5.74) is 1.60. The minimum atomic E-state index is -0.542. The number of rotatable bonds is 4. The fraction of sp³-hybridized carbons (Fsp3) is 0. The van der Waals surface area contributed by atoms with Gasteiger partial charge in [-0.15, -0.1) is 0 Å². The van der Waals surface area contributed by atoms with E-state index >= 15 is 0 Å². The number of halogens is 2. The highest BCUT2D eigenvalue weighted by atomic mass is 127. The zero-order valence-corrected chi connectivity index (χ0v) is 16.1. The van der Waals surface area contributed by atoms with Crippen molar-refractivity contribution in [2.75, 3.05) is 0 Å². The summed E-state index contributed by atoms with van der Waals surface area (Å²) in [5, 5.41) is 20.5. The lowest BCUT2D eigenvalue weighted by Crippen LogP contribution is -1.89. The summed E-state index contributed by atoms with van der Waals surface area (Å²) in [7, 11) is 0. The molecule has 1 heterocycles. The predicted molar refractivity (Wildman–Crippen MR) is 108 cm³/mol. The van der Waals surface area contributed by atoms with Crippen LogP contribution in [-0.2, 0) is 0 Å². The minimum absolute atomic E-state index is 0.0657. The molecule has 3 aromatic rings. The zero-order valence-electron chi connectivity index (χ0n) is 13.1. The summed E-state index contributed by atoms with van der Waals surface area (Å²) in [5.74, 6) is 0.934. The summed E-state index contributed by atoms with van der Waals surface area (Å²) in [4.78, 5) is 10.5. The van der Waals surface area contributed by atoms with E-state index in [4.69, 9.17) is 16.0 Å². The Morgan fingerprint density at radius 1 is 1.19 bits per heavy atom. The van der Waals surface area contributed by atoms with Crippen molar-refractivity contribution in [3.63, 3.8) is 0 Å². The van der Waals surface area contributed by atoms with E-state index in [9.17, 15) is 15.4 Å². The summed E-state index contributed by atoms with van der Waals surface area (Å²) in [6, 6.07) is 17.6. The zero-order chi connectivity index (χ0) is 18.7. The third-order valence-corrected chi connectivity index (χ3v) is 4.66. The minimum Gasteiger partial charge on any atom is -0.457 e. The normalized spacial score (nSPS) is 11.2. The molecule has 5 nitrogen and oxygen atoms in total. The molecule has 3 rings (SSSR count). The van der Waals surface area contributed by atoms with Crippen LogP contribution in [0, 0.1) is 25.0 Å². The molecule has 7 heteroatoms. The van der Waals surface area contributed by atoms with Crippen LogP contribution in [0.5, 0.6) is 0 Å². The first-order valence-electron chi connectivity index (χ1n) is 7.40. The average molecular weight is 477 g/mol. The van der Waals surface area contributed by atoms with Crippen molar-refractivity contribution in [2.24, 2.45) is 0 Å². The second-order valence-corrected chi connectivity index (χ2v) is 6.95. The van der Waals surface area contributed by atoms with Gasteiger partial charge in [-0.2, -0.15) is 5.26 Å². The molecule has 0 saturated carbocycles. The Bertz CT molecular complexity index is 1050. The van der Waals surface area contributed by atoms with Gasteiger partial charge >= 0.3 is 0 Å². The van der Waals surface area contributed by atoms with E-state index in [2.05, 4.69) is 28.7 Å². The molecule has 0 saturated heterocycles. The van der Waals surface area contributed by atoms with Crippen molar-refractivity contribution in [1.29, 1.82) is 5.26 Å². The molecule has 0 atom stereocenters. The van der Waals surface area contributed by atoms with Gasteiger partial charge in [-0.05, 0) is 70.6 Å². The Hall–Kier alpha value is -2.63. The fourth-order valence-electron chi connectivity index (χ4n) is 2.34. The lowest BCUT2D eigenvalue weighted by Gasteiger charge is -2.00.